The smallest absolute Gasteiger partial charge is 0.416 e. The minimum Gasteiger partial charge on any atom is -0.495 e. The molecule has 4 N–H and O–H groups in total. The van der Waals surface area contributed by atoms with Crippen LogP contribution in [0.3, 0.4) is 0 Å². The molecular formula is C23H22F3N5O4. The number of pyridine rings is 1. The van der Waals surface area contributed by atoms with Gasteiger partial charge in [-0.2, -0.15) is 13.2 Å². The molecular weight excluding hydrogens is 467 g/mol. The zero-order chi connectivity index (χ0) is 25.6. The summed E-state index contributed by atoms with van der Waals surface area (Å²) in [6.45, 7) is 1.81. The first-order valence-electron chi connectivity index (χ1n) is 10.2. The molecule has 35 heavy (non-hydrogen) atoms. The van der Waals surface area contributed by atoms with E-state index >= 15 is 0 Å². The lowest BCUT2D eigenvalue weighted by Crippen LogP contribution is -2.33. The molecule has 3 aromatic rings. The van der Waals surface area contributed by atoms with Crippen LogP contribution in [0.25, 0.3) is 0 Å². The lowest BCUT2D eigenvalue weighted by molar-refractivity contribution is -0.137. The number of anilines is 2. The first-order valence-corrected chi connectivity index (χ1v) is 10.2. The minimum absolute atomic E-state index is 0.0626. The molecule has 9 nitrogen and oxygen atoms in total. The summed E-state index contributed by atoms with van der Waals surface area (Å²) in [5, 5.41) is 4.80. The SMILES string of the molecule is CNC(=O)c1cc(Oc2cc(NNC(=O)Nc3cc(C(F)(F)F)ccc3OC)ccc2C)ccn1. The number of hydrogen-bond donors (Lipinski definition) is 4. The quantitative estimate of drug-likeness (QED) is 0.357. The van der Waals surface area contributed by atoms with Gasteiger partial charge in [0.2, 0.25) is 0 Å². The fourth-order valence-corrected chi connectivity index (χ4v) is 2.91. The van der Waals surface area contributed by atoms with Crippen LogP contribution in [-0.2, 0) is 6.18 Å². The maximum absolute atomic E-state index is 13.0. The Labute approximate surface area is 198 Å². The van der Waals surface area contributed by atoms with Gasteiger partial charge in [-0.15, -0.1) is 0 Å². The molecule has 0 aliphatic heterocycles. The van der Waals surface area contributed by atoms with Crippen LogP contribution in [0.2, 0.25) is 0 Å². The zero-order valence-corrected chi connectivity index (χ0v) is 18.9. The van der Waals surface area contributed by atoms with Crippen LogP contribution in [0, 0.1) is 6.92 Å². The third-order valence-corrected chi connectivity index (χ3v) is 4.70. The van der Waals surface area contributed by atoms with Crippen molar-refractivity contribution < 1.29 is 32.2 Å². The number of rotatable bonds is 7. The highest BCUT2D eigenvalue weighted by molar-refractivity contribution is 5.92. The van der Waals surface area contributed by atoms with E-state index in [9.17, 15) is 22.8 Å². The third-order valence-electron chi connectivity index (χ3n) is 4.70. The van der Waals surface area contributed by atoms with Crippen LogP contribution >= 0.6 is 0 Å². The number of methoxy groups -OCH3 is 1. The number of nitrogens with one attached hydrogen (secondary N) is 4. The number of nitrogens with zero attached hydrogens (tertiary/aromatic N) is 1. The summed E-state index contributed by atoms with van der Waals surface area (Å²) in [5.74, 6) is 0.509. The average molecular weight is 489 g/mol. The molecule has 0 saturated heterocycles. The van der Waals surface area contributed by atoms with Crippen molar-refractivity contribution in [3.63, 3.8) is 0 Å². The van der Waals surface area contributed by atoms with Gasteiger partial charge in [0.15, 0.2) is 0 Å². The van der Waals surface area contributed by atoms with E-state index in [0.717, 1.165) is 23.8 Å². The molecule has 3 rings (SSSR count). The predicted molar refractivity (Wildman–Crippen MR) is 123 cm³/mol. The molecule has 0 saturated carbocycles. The fourth-order valence-electron chi connectivity index (χ4n) is 2.91. The van der Waals surface area contributed by atoms with E-state index in [0.29, 0.717) is 17.2 Å². The van der Waals surface area contributed by atoms with Gasteiger partial charge in [-0.25, -0.2) is 4.79 Å². The number of carbonyl (C=O) groups is 2. The number of benzene rings is 2. The Hall–Kier alpha value is -4.48. The molecule has 0 aliphatic rings. The van der Waals surface area contributed by atoms with E-state index in [-0.39, 0.29) is 23.0 Å². The topological polar surface area (TPSA) is 114 Å². The molecule has 3 amide bonds. The molecule has 0 unspecified atom stereocenters. The van der Waals surface area contributed by atoms with Crippen LogP contribution in [0.15, 0.2) is 54.7 Å². The second-order valence-electron chi connectivity index (χ2n) is 7.16. The van der Waals surface area contributed by atoms with Crippen LogP contribution in [0.4, 0.5) is 29.3 Å². The number of ether oxygens (including phenoxy) is 2. The average Bonchev–Trinajstić information content (AvgIpc) is 2.83. The van der Waals surface area contributed by atoms with Gasteiger partial charge in [0.25, 0.3) is 5.91 Å². The predicted octanol–water partition coefficient (Wildman–Crippen LogP) is 4.72. The second-order valence-corrected chi connectivity index (χ2v) is 7.16. The van der Waals surface area contributed by atoms with E-state index in [4.69, 9.17) is 9.47 Å². The molecule has 0 radical (unpaired) electrons. The van der Waals surface area contributed by atoms with Crippen LogP contribution in [0.1, 0.15) is 21.6 Å². The highest BCUT2D eigenvalue weighted by Crippen LogP contribution is 2.35. The fraction of sp³-hybridized carbons (Fsp3) is 0.174. The second kappa shape index (κ2) is 10.6. The molecule has 1 heterocycles. The number of carbonyl (C=O) groups excluding carboxylic acids is 2. The Morgan fingerprint density at radius 3 is 2.46 bits per heavy atom. The van der Waals surface area contributed by atoms with E-state index < -0.39 is 17.8 Å². The lowest BCUT2D eigenvalue weighted by Gasteiger charge is -2.15. The van der Waals surface area contributed by atoms with E-state index in [1.165, 1.54) is 26.4 Å². The van der Waals surface area contributed by atoms with Crippen molar-refractivity contribution in [1.29, 1.82) is 0 Å². The zero-order valence-electron chi connectivity index (χ0n) is 18.9. The Morgan fingerprint density at radius 2 is 1.77 bits per heavy atom. The molecule has 1 aromatic heterocycles. The third kappa shape index (κ3) is 6.53. The number of aromatic nitrogens is 1. The molecule has 0 fully saturated rings. The van der Waals surface area contributed by atoms with Gasteiger partial charge in [-0.1, -0.05) is 6.07 Å². The van der Waals surface area contributed by atoms with Crippen LogP contribution in [0.5, 0.6) is 17.2 Å². The monoisotopic (exact) mass is 489 g/mol. The van der Waals surface area contributed by atoms with Crippen molar-refractivity contribution >= 4 is 23.3 Å². The van der Waals surface area contributed by atoms with Gasteiger partial charge in [0, 0.05) is 25.4 Å². The number of amides is 3. The summed E-state index contributed by atoms with van der Waals surface area (Å²) in [5.41, 5.74) is 5.29. The highest BCUT2D eigenvalue weighted by Gasteiger charge is 2.31. The summed E-state index contributed by atoms with van der Waals surface area (Å²) >= 11 is 0. The van der Waals surface area contributed by atoms with Gasteiger partial charge in [0.1, 0.15) is 22.9 Å². The maximum atomic E-state index is 13.0. The number of urea groups is 1. The molecule has 184 valence electrons. The Kier molecular flexibility index (Phi) is 7.64. The Bertz CT molecular complexity index is 1230. The van der Waals surface area contributed by atoms with Gasteiger partial charge < -0.3 is 20.1 Å². The van der Waals surface area contributed by atoms with Gasteiger partial charge in [-0.3, -0.25) is 20.6 Å². The standard InChI is InChI=1S/C23H22F3N5O4/c1-13-4-6-15(11-20(13)35-16-8-9-28-18(12-16)21(32)27-2)30-31-22(33)29-17-10-14(23(24,25)26)5-7-19(17)34-3/h4-12,30H,1-3H3,(H,27,32)(H2,29,31,33). The minimum atomic E-state index is -4.58. The molecule has 0 spiro atoms. The van der Waals surface area contributed by atoms with Crippen molar-refractivity contribution in [2.45, 2.75) is 13.1 Å². The number of alkyl halides is 3. The van der Waals surface area contributed by atoms with Crippen molar-refractivity contribution in [3.05, 3.63) is 71.5 Å². The molecule has 12 heteroatoms. The molecule has 0 atom stereocenters. The summed E-state index contributed by atoms with van der Waals surface area (Å²) < 4.78 is 49.9. The number of halogens is 3. The number of hydrogen-bond acceptors (Lipinski definition) is 6. The van der Waals surface area contributed by atoms with Crippen molar-refractivity contribution in [1.82, 2.24) is 15.7 Å². The summed E-state index contributed by atoms with van der Waals surface area (Å²) in [7, 11) is 2.77. The van der Waals surface area contributed by atoms with Crippen LogP contribution in [-0.4, -0.2) is 31.1 Å². The summed E-state index contributed by atoms with van der Waals surface area (Å²) in [6, 6.07) is 9.97. The van der Waals surface area contributed by atoms with E-state index in [1.807, 2.05) is 0 Å². The Morgan fingerprint density at radius 1 is 1.00 bits per heavy atom. The van der Waals surface area contributed by atoms with E-state index in [2.05, 4.69) is 26.5 Å². The van der Waals surface area contributed by atoms with Crippen molar-refractivity contribution in [3.8, 4) is 17.2 Å². The Balaban J connectivity index is 1.69. The van der Waals surface area contributed by atoms with E-state index in [1.54, 1.807) is 31.2 Å². The van der Waals surface area contributed by atoms with Gasteiger partial charge >= 0.3 is 12.2 Å². The first kappa shape index (κ1) is 25.1. The first-order chi connectivity index (χ1) is 16.6. The number of aryl methyl sites for hydroxylation is 1. The largest absolute Gasteiger partial charge is 0.495 e. The van der Waals surface area contributed by atoms with Crippen molar-refractivity contribution in [2.24, 2.45) is 0 Å². The molecule has 2 aromatic carbocycles. The summed E-state index contributed by atoms with van der Waals surface area (Å²) in [4.78, 5) is 28.0. The van der Waals surface area contributed by atoms with Gasteiger partial charge in [-0.05, 0) is 42.8 Å². The summed E-state index contributed by atoms with van der Waals surface area (Å²) in [6.07, 6.45) is -3.14. The van der Waals surface area contributed by atoms with Crippen molar-refractivity contribution in [2.75, 3.05) is 24.9 Å². The number of hydrazine groups is 1. The lowest BCUT2D eigenvalue weighted by atomic mass is 10.2. The highest BCUT2D eigenvalue weighted by atomic mass is 19.4. The maximum Gasteiger partial charge on any atom is 0.416 e. The van der Waals surface area contributed by atoms with Crippen LogP contribution < -0.4 is 31.0 Å². The molecule has 0 aliphatic carbocycles. The normalized spacial score (nSPS) is 10.8. The molecule has 0 bridgehead atoms. The van der Waals surface area contributed by atoms with Gasteiger partial charge in [0.05, 0.1) is 24.0 Å².